The molecule has 3 aliphatic rings. The van der Waals surface area contributed by atoms with Gasteiger partial charge in [-0.15, -0.1) is 0 Å². The third-order valence-corrected chi connectivity index (χ3v) is 4.21. The van der Waals surface area contributed by atoms with E-state index in [1.807, 2.05) is 0 Å². The summed E-state index contributed by atoms with van der Waals surface area (Å²) in [4.78, 5) is 0.815. The fraction of sp³-hybridized carbons (Fsp3) is 1.00. The zero-order chi connectivity index (χ0) is 6.01. The molecule has 1 saturated heterocycles. The quantitative estimate of drug-likeness (QED) is 0.416. The summed E-state index contributed by atoms with van der Waals surface area (Å²) in [6.07, 6.45) is 4.08. The molecule has 50 valence electrons. The Labute approximate surface area is 62.9 Å². The van der Waals surface area contributed by atoms with Crippen LogP contribution < -0.4 is 0 Å². The molecule has 0 aromatic rings. The van der Waals surface area contributed by atoms with Gasteiger partial charge >= 0.3 is 0 Å². The van der Waals surface area contributed by atoms with Crippen LogP contribution in [-0.2, 0) is 4.74 Å². The zero-order valence-corrected chi connectivity index (χ0v) is 6.67. The van der Waals surface area contributed by atoms with E-state index in [9.17, 15) is 0 Å². The Morgan fingerprint density at radius 3 is 3.00 bits per heavy atom. The first-order chi connectivity index (χ1) is 4.38. The van der Waals surface area contributed by atoms with Crippen LogP contribution in [0.5, 0.6) is 0 Å². The van der Waals surface area contributed by atoms with Gasteiger partial charge in [0.25, 0.3) is 0 Å². The number of fused-ring (bicyclic) bond motifs is 3. The standard InChI is InChI=1S/C7H9BrO/c8-6-3-1-2-4-7(9-4)5(3)6/h3-7H,1-2H2/t3-,4+,5-,6+,7+/m1/s1. The Bertz CT molecular complexity index is 157. The van der Waals surface area contributed by atoms with E-state index in [1.165, 1.54) is 12.8 Å². The number of halogens is 1. The molecule has 1 aliphatic heterocycles. The lowest BCUT2D eigenvalue weighted by Gasteiger charge is -1.99. The van der Waals surface area contributed by atoms with E-state index in [1.54, 1.807) is 0 Å². The van der Waals surface area contributed by atoms with E-state index >= 15 is 0 Å². The molecule has 0 aromatic carbocycles. The fourth-order valence-corrected chi connectivity index (χ4v) is 3.35. The first-order valence-corrected chi connectivity index (χ1v) is 4.59. The largest absolute Gasteiger partial charge is 0.369 e. The van der Waals surface area contributed by atoms with Crippen molar-refractivity contribution in [3.63, 3.8) is 0 Å². The highest BCUT2D eigenvalue weighted by Gasteiger charge is 2.64. The van der Waals surface area contributed by atoms with E-state index in [0.717, 1.165) is 16.7 Å². The van der Waals surface area contributed by atoms with E-state index < -0.39 is 0 Å². The second-order valence-corrected chi connectivity index (χ2v) is 4.46. The first kappa shape index (κ1) is 5.14. The summed E-state index contributed by atoms with van der Waals surface area (Å²) in [5.41, 5.74) is 0. The molecular weight excluding hydrogens is 180 g/mol. The molecule has 0 spiro atoms. The van der Waals surface area contributed by atoms with Gasteiger partial charge in [-0.3, -0.25) is 0 Å². The molecule has 3 rings (SSSR count). The van der Waals surface area contributed by atoms with Crippen LogP contribution in [0.4, 0.5) is 0 Å². The third-order valence-electron chi connectivity index (χ3n) is 2.92. The Balaban J connectivity index is 1.86. The highest BCUT2D eigenvalue weighted by molar-refractivity contribution is 9.09. The third kappa shape index (κ3) is 0.541. The molecule has 2 heteroatoms. The number of hydrogen-bond acceptors (Lipinski definition) is 1. The molecule has 2 saturated carbocycles. The number of epoxide rings is 1. The number of hydrogen-bond donors (Lipinski definition) is 0. The second-order valence-electron chi connectivity index (χ2n) is 3.40. The van der Waals surface area contributed by atoms with Crippen molar-refractivity contribution in [2.45, 2.75) is 29.9 Å². The van der Waals surface area contributed by atoms with Gasteiger partial charge in [0.15, 0.2) is 0 Å². The van der Waals surface area contributed by atoms with Crippen molar-refractivity contribution in [1.29, 1.82) is 0 Å². The van der Waals surface area contributed by atoms with Crippen LogP contribution in [0, 0.1) is 11.8 Å². The Kier molecular flexibility index (Phi) is 0.784. The second kappa shape index (κ2) is 1.37. The first-order valence-electron chi connectivity index (χ1n) is 3.67. The van der Waals surface area contributed by atoms with Crippen molar-refractivity contribution < 1.29 is 4.74 Å². The van der Waals surface area contributed by atoms with Crippen LogP contribution in [0.3, 0.4) is 0 Å². The molecule has 1 nitrogen and oxygen atoms in total. The highest BCUT2D eigenvalue weighted by atomic mass is 79.9. The summed E-state index contributed by atoms with van der Waals surface area (Å²) >= 11 is 3.66. The number of rotatable bonds is 0. The summed E-state index contributed by atoms with van der Waals surface area (Å²) < 4.78 is 5.47. The SMILES string of the molecule is Br[C@H]1[C@@H]2CC[C@@H]3O[C@@H]3[C@@H]12. The van der Waals surface area contributed by atoms with Gasteiger partial charge in [-0.1, -0.05) is 15.9 Å². The molecular formula is C7H9BrO. The van der Waals surface area contributed by atoms with Gasteiger partial charge in [0.05, 0.1) is 12.2 Å². The van der Waals surface area contributed by atoms with Crippen molar-refractivity contribution in [3.8, 4) is 0 Å². The zero-order valence-electron chi connectivity index (χ0n) is 5.09. The van der Waals surface area contributed by atoms with Crippen molar-refractivity contribution in [1.82, 2.24) is 0 Å². The Morgan fingerprint density at radius 2 is 2.22 bits per heavy atom. The van der Waals surface area contributed by atoms with E-state index in [2.05, 4.69) is 15.9 Å². The van der Waals surface area contributed by atoms with Crippen molar-refractivity contribution in [2.75, 3.05) is 0 Å². The summed E-state index contributed by atoms with van der Waals surface area (Å²) in [6, 6.07) is 0. The average molecular weight is 189 g/mol. The molecule has 0 N–H and O–H groups in total. The monoisotopic (exact) mass is 188 g/mol. The lowest BCUT2D eigenvalue weighted by molar-refractivity contribution is 0.361. The van der Waals surface area contributed by atoms with Crippen LogP contribution in [0.15, 0.2) is 0 Å². The van der Waals surface area contributed by atoms with E-state index in [4.69, 9.17) is 4.74 Å². The molecule has 9 heavy (non-hydrogen) atoms. The van der Waals surface area contributed by atoms with Gasteiger partial charge < -0.3 is 4.74 Å². The molecule has 1 heterocycles. The van der Waals surface area contributed by atoms with Gasteiger partial charge in [-0.25, -0.2) is 0 Å². The number of alkyl halides is 1. The van der Waals surface area contributed by atoms with Gasteiger partial charge in [0, 0.05) is 10.7 Å². The Morgan fingerprint density at radius 1 is 1.33 bits per heavy atom. The van der Waals surface area contributed by atoms with Gasteiger partial charge in [-0.2, -0.15) is 0 Å². The summed E-state index contributed by atoms with van der Waals surface area (Å²) in [5.74, 6) is 1.89. The molecule has 3 fully saturated rings. The van der Waals surface area contributed by atoms with E-state index in [0.29, 0.717) is 12.2 Å². The highest BCUT2D eigenvalue weighted by Crippen LogP contribution is 2.60. The lowest BCUT2D eigenvalue weighted by atomic mass is 10.0. The van der Waals surface area contributed by atoms with Gasteiger partial charge in [-0.05, 0) is 18.8 Å². The van der Waals surface area contributed by atoms with Crippen LogP contribution in [0.25, 0.3) is 0 Å². The molecule has 0 radical (unpaired) electrons. The summed E-state index contributed by atoms with van der Waals surface area (Å²) in [5, 5.41) is 0. The summed E-state index contributed by atoms with van der Waals surface area (Å²) in [7, 11) is 0. The Hall–Kier alpha value is 0.440. The van der Waals surface area contributed by atoms with E-state index in [-0.39, 0.29) is 0 Å². The van der Waals surface area contributed by atoms with Crippen molar-refractivity contribution >= 4 is 15.9 Å². The van der Waals surface area contributed by atoms with Crippen LogP contribution in [0.2, 0.25) is 0 Å². The predicted molar refractivity (Wildman–Crippen MR) is 37.6 cm³/mol. The van der Waals surface area contributed by atoms with Crippen molar-refractivity contribution in [2.24, 2.45) is 11.8 Å². The smallest absolute Gasteiger partial charge is 0.0883 e. The number of ether oxygens (including phenoxy) is 1. The molecule has 2 aliphatic carbocycles. The minimum atomic E-state index is 0.674. The molecule has 0 bridgehead atoms. The normalized spacial score (nSPS) is 68.3. The van der Waals surface area contributed by atoms with Crippen molar-refractivity contribution in [3.05, 3.63) is 0 Å². The topological polar surface area (TPSA) is 12.5 Å². The maximum atomic E-state index is 5.47. The van der Waals surface area contributed by atoms with Crippen LogP contribution >= 0.6 is 15.9 Å². The van der Waals surface area contributed by atoms with Gasteiger partial charge in [0.1, 0.15) is 0 Å². The minimum absolute atomic E-state index is 0.674. The fourth-order valence-electron chi connectivity index (χ4n) is 2.22. The molecule has 0 unspecified atom stereocenters. The maximum absolute atomic E-state index is 5.47. The molecule has 0 aromatic heterocycles. The summed E-state index contributed by atoms with van der Waals surface area (Å²) in [6.45, 7) is 0. The predicted octanol–water partition coefficient (Wildman–Crippen LogP) is 1.56. The minimum Gasteiger partial charge on any atom is -0.369 e. The molecule has 5 atom stereocenters. The van der Waals surface area contributed by atoms with Crippen LogP contribution in [-0.4, -0.2) is 17.0 Å². The average Bonchev–Trinajstić information content (AvgIpc) is 2.64. The lowest BCUT2D eigenvalue weighted by Crippen LogP contribution is -2.04. The molecule has 0 amide bonds. The van der Waals surface area contributed by atoms with Gasteiger partial charge in [0.2, 0.25) is 0 Å². The maximum Gasteiger partial charge on any atom is 0.0883 e. The van der Waals surface area contributed by atoms with Crippen LogP contribution in [0.1, 0.15) is 12.8 Å².